The van der Waals surface area contributed by atoms with Gasteiger partial charge in [0.25, 0.3) is 0 Å². The Labute approximate surface area is 126 Å². The van der Waals surface area contributed by atoms with E-state index in [4.69, 9.17) is 15.2 Å². The summed E-state index contributed by atoms with van der Waals surface area (Å²) in [7, 11) is 0. The van der Waals surface area contributed by atoms with Gasteiger partial charge in [-0.3, -0.25) is 0 Å². The molecule has 3 heteroatoms. The first-order valence-corrected chi connectivity index (χ1v) is 8.11. The van der Waals surface area contributed by atoms with E-state index in [-0.39, 0.29) is 11.2 Å². The minimum Gasteiger partial charge on any atom is -0.375 e. The zero-order chi connectivity index (χ0) is 15.8. The molecule has 0 heterocycles. The Hall–Kier alpha value is -0.120. The molecule has 0 aromatic rings. The van der Waals surface area contributed by atoms with Crippen molar-refractivity contribution >= 4 is 0 Å². The van der Waals surface area contributed by atoms with Crippen LogP contribution in [0.15, 0.2) is 0 Å². The fourth-order valence-corrected chi connectivity index (χ4v) is 2.48. The fraction of sp³-hybridized carbons (Fsp3) is 1.00. The van der Waals surface area contributed by atoms with E-state index in [9.17, 15) is 0 Å². The van der Waals surface area contributed by atoms with Crippen molar-refractivity contribution < 1.29 is 9.47 Å². The molecule has 0 aromatic carbocycles. The summed E-state index contributed by atoms with van der Waals surface area (Å²) < 4.78 is 12.1. The minimum atomic E-state index is -0.168. The molecule has 0 amide bonds. The summed E-state index contributed by atoms with van der Waals surface area (Å²) in [6.45, 7) is 17.6. The molecule has 0 rings (SSSR count). The van der Waals surface area contributed by atoms with Crippen LogP contribution in [-0.2, 0) is 9.47 Å². The van der Waals surface area contributed by atoms with E-state index in [0.717, 1.165) is 26.1 Å². The second-order valence-corrected chi connectivity index (χ2v) is 7.36. The second kappa shape index (κ2) is 9.01. The van der Waals surface area contributed by atoms with Crippen LogP contribution in [0.2, 0.25) is 0 Å². The number of hydrogen-bond acceptors (Lipinski definition) is 3. The Kier molecular flexibility index (Phi) is 8.96. The molecule has 0 aliphatic carbocycles. The molecule has 3 nitrogen and oxygen atoms in total. The van der Waals surface area contributed by atoms with Crippen molar-refractivity contribution in [3.05, 3.63) is 0 Å². The summed E-state index contributed by atoms with van der Waals surface area (Å²) >= 11 is 0. The minimum absolute atomic E-state index is 0.159. The molecule has 2 unspecified atom stereocenters. The van der Waals surface area contributed by atoms with Gasteiger partial charge < -0.3 is 15.2 Å². The third kappa shape index (κ3) is 8.93. The highest BCUT2D eigenvalue weighted by Gasteiger charge is 2.30. The molecule has 122 valence electrons. The molecule has 0 spiro atoms. The van der Waals surface area contributed by atoms with E-state index in [1.165, 1.54) is 6.42 Å². The average molecular weight is 287 g/mol. The summed E-state index contributed by atoms with van der Waals surface area (Å²) in [5.41, 5.74) is 5.18. The van der Waals surface area contributed by atoms with E-state index in [1.807, 2.05) is 0 Å². The summed E-state index contributed by atoms with van der Waals surface area (Å²) in [5, 5.41) is 0. The van der Waals surface area contributed by atoms with Gasteiger partial charge in [0.2, 0.25) is 0 Å². The lowest BCUT2D eigenvalue weighted by atomic mass is 9.91. The smallest absolute Gasteiger partial charge is 0.0653 e. The van der Waals surface area contributed by atoms with E-state index in [0.29, 0.717) is 18.4 Å². The van der Waals surface area contributed by atoms with Crippen LogP contribution in [0.4, 0.5) is 0 Å². The maximum Gasteiger partial charge on any atom is 0.0653 e. The van der Waals surface area contributed by atoms with Gasteiger partial charge in [0.15, 0.2) is 0 Å². The highest BCUT2D eigenvalue weighted by Crippen LogP contribution is 2.28. The maximum absolute atomic E-state index is 6.15. The lowest BCUT2D eigenvalue weighted by molar-refractivity contribution is -0.109. The summed E-state index contributed by atoms with van der Waals surface area (Å²) in [6.07, 6.45) is 3.01. The zero-order valence-corrected chi connectivity index (χ0v) is 14.8. The summed E-state index contributed by atoms with van der Waals surface area (Å²) in [6, 6.07) is 0. The standard InChI is InChI=1S/C17H37NO2/c1-8-14(2)15(3)12-20-17(6,7)13-16(4,5)19-11-9-10-18/h14-15H,8-13,18H2,1-7H3. The molecule has 20 heavy (non-hydrogen) atoms. The predicted molar refractivity (Wildman–Crippen MR) is 87.0 cm³/mol. The molecule has 0 saturated heterocycles. The first-order chi connectivity index (χ1) is 9.13. The first kappa shape index (κ1) is 19.9. The van der Waals surface area contributed by atoms with Crippen molar-refractivity contribution in [3.63, 3.8) is 0 Å². The van der Waals surface area contributed by atoms with Gasteiger partial charge in [-0.15, -0.1) is 0 Å². The SMILES string of the molecule is CCC(C)C(C)COC(C)(C)CC(C)(C)OCCCN. The van der Waals surface area contributed by atoms with Gasteiger partial charge in [0, 0.05) is 13.0 Å². The van der Waals surface area contributed by atoms with Gasteiger partial charge in [-0.05, 0) is 52.5 Å². The van der Waals surface area contributed by atoms with Gasteiger partial charge in [0.1, 0.15) is 0 Å². The van der Waals surface area contributed by atoms with Gasteiger partial charge in [0.05, 0.1) is 17.8 Å². The molecule has 2 atom stereocenters. The Morgan fingerprint density at radius 2 is 1.50 bits per heavy atom. The molecule has 0 saturated carbocycles. The van der Waals surface area contributed by atoms with Crippen LogP contribution in [0.1, 0.15) is 67.7 Å². The van der Waals surface area contributed by atoms with Crippen LogP contribution in [-0.4, -0.2) is 31.0 Å². The summed E-state index contributed by atoms with van der Waals surface area (Å²) in [4.78, 5) is 0. The molecule has 0 radical (unpaired) electrons. The highest BCUT2D eigenvalue weighted by atomic mass is 16.5. The van der Waals surface area contributed by atoms with Gasteiger partial charge in [-0.25, -0.2) is 0 Å². The number of ether oxygens (including phenoxy) is 2. The van der Waals surface area contributed by atoms with E-state index < -0.39 is 0 Å². The molecule has 0 bridgehead atoms. The van der Waals surface area contributed by atoms with Crippen molar-refractivity contribution in [1.29, 1.82) is 0 Å². The maximum atomic E-state index is 6.15. The van der Waals surface area contributed by atoms with Crippen LogP contribution in [0.5, 0.6) is 0 Å². The van der Waals surface area contributed by atoms with Gasteiger partial charge in [-0.2, -0.15) is 0 Å². The molecule has 0 fully saturated rings. The Morgan fingerprint density at radius 1 is 0.950 bits per heavy atom. The van der Waals surface area contributed by atoms with Gasteiger partial charge in [-0.1, -0.05) is 27.2 Å². The van der Waals surface area contributed by atoms with Crippen molar-refractivity contribution in [3.8, 4) is 0 Å². The third-order valence-corrected chi connectivity index (χ3v) is 4.05. The quantitative estimate of drug-likeness (QED) is 0.584. The zero-order valence-electron chi connectivity index (χ0n) is 14.8. The lowest BCUT2D eigenvalue weighted by Crippen LogP contribution is -2.39. The summed E-state index contributed by atoms with van der Waals surface area (Å²) in [5.74, 6) is 1.31. The molecule has 0 aliphatic heterocycles. The first-order valence-electron chi connectivity index (χ1n) is 8.11. The number of nitrogens with two attached hydrogens (primary N) is 1. The molecule has 0 aromatic heterocycles. The van der Waals surface area contributed by atoms with E-state index in [2.05, 4.69) is 48.5 Å². The monoisotopic (exact) mass is 287 g/mol. The van der Waals surface area contributed by atoms with Crippen molar-refractivity contribution in [2.24, 2.45) is 17.6 Å². The largest absolute Gasteiger partial charge is 0.375 e. The van der Waals surface area contributed by atoms with E-state index in [1.54, 1.807) is 0 Å². The number of rotatable bonds is 11. The van der Waals surface area contributed by atoms with Crippen LogP contribution in [0.25, 0.3) is 0 Å². The highest BCUT2D eigenvalue weighted by molar-refractivity contribution is 4.81. The average Bonchev–Trinajstić information content (AvgIpc) is 2.33. The van der Waals surface area contributed by atoms with Crippen LogP contribution in [0, 0.1) is 11.8 Å². The lowest BCUT2D eigenvalue weighted by Gasteiger charge is -2.36. The van der Waals surface area contributed by atoms with Crippen LogP contribution < -0.4 is 5.73 Å². The Morgan fingerprint density at radius 3 is 2.00 bits per heavy atom. The van der Waals surface area contributed by atoms with Crippen LogP contribution >= 0.6 is 0 Å². The van der Waals surface area contributed by atoms with Crippen LogP contribution in [0.3, 0.4) is 0 Å². The second-order valence-electron chi connectivity index (χ2n) is 7.36. The molecule has 0 aliphatic rings. The van der Waals surface area contributed by atoms with Crippen molar-refractivity contribution in [2.45, 2.75) is 78.9 Å². The van der Waals surface area contributed by atoms with E-state index >= 15 is 0 Å². The Balaban J connectivity index is 4.21. The Bertz CT molecular complexity index is 251. The normalized spacial score (nSPS) is 16.2. The molecular weight excluding hydrogens is 250 g/mol. The third-order valence-electron chi connectivity index (χ3n) is 4.05. The van der Waals surface area contributed by atoms with Crippen molar-refractivity contribution in [1.82, 2.24) is 0 Å². The number of hydrogen-bond donors (Lipinski definition) is 1. The topological polar surface area (TPSA) is 44.5 Å². The fourth-order valence-electron chi connectivity index (χ4n) is 2.48. The molecule has 2 N–H and O–H groups in total. The van der Waals surface area contributed by atoms with Crippen molar-refractivity contribution in [2.75, 3.05) is 19.8 Å². The molecular formula is C17H37NO2. The van der Waals surface area contributed by atoms with Gasteiger partial charge >= 0.3 is 0 Å². The predicted octanol–water partition coefficient (Wildman–Crippen LogP) is 4.00.